The summed E-state index contributed by atoms with van der Waals surface area (Å²) in [6, 6.07) is 16.3. The highest BCUT2D eigenvalue weighted by atomic mass is 32.1. The third-order valence-electron chi connectivity index (χ3n) is 5.24. The third kappa shape index (κ3) is 3.87. The highest BCUT2D eigenvalue weighted by Crippen LogP contribution is 2.35. The average Bonchev–Trinajstić information content (AvgIpc) is 3.46. The molecular weight excluding hydrogens is 382 g/mol. The van der Waals surface area contributed by atoms with Crippen molar-refractivity contribution in [2.75, 3.05) is 18.0 Å². The van der Waals surface area contributed by atoms with Crippen LogP contribution in [0.2, 0.25) is 0 Å². The van der Waals surface area contributed by atoms with Crippen LogP contribution < -0.4 is 4.90 Å². The molecule has 29 heavy (non-hydrogen) atoms. The molecule has 1 aromatic heterocycles. The van der Waals surface area contributed by atoms with Gasteiger partial charge in [0.2, 0.25) is 0 Å². The van der Waals surface area contributed by atoms with Gasteiger partial charge in [0.05, 0.1) is 5.56 Å². The van der Waals surface area contributed by atoms with E-state index in [9.17, 15) is 9.59 Å². The maximum absolute atomic E-state index is 13.1. The van der Waals surface area contributed by atoms with Crippen molar-refractivity contribution in [2.45, 2.75) is 12.8 Å². The van der Waals surface area contributed by atoms with Gasteiger partial charge < -0.3 is 10.0 Å². The zero-order valence-electron chi connectivity index (χ0n) is 15.9. The Kier molecular flexibility index (Phi) is 5.32. The number of carbonyl (C=O) groups is 2. The summed E-state index contributed by atoms with van der Waals surface area (Å²) in [7, 11) is 0. The van der Waals surface area contributed by atoms with E-state index >= 15 is 0 Å². The molecule has 0 atom stereocenters. The monoisotopic (exact) mass is 403 g/mol. The van der Waals surface area contributed by atoms with Crippen molar-refractivity contribution in [3.05, 3.63) is 83.2 Å². The third-order valence-corrected chi connectivity index (χ3v) is 6.16. The van der Waals surface area contributed by atoms with Gasteiger partial charge in [-0.2, -0.15) is 0 Å². The lowest BCUT2D eigenvalue weighted by Crippen LogP contribution is -2.20. The SMILES string of the molecule is C=C(C(=O)c1ccc(C(=O)O)cc1)c1cc(-c2cccs2)ccc1N1CCCC1. The normalized spacial score (nSPS) is 13.4. The topological polar surface area (TPSA) is 57.6 Å². The van der Waals surface area contributed by atoms with Crippen molar-refractivity contribution in [3.63, 3.8) is 0 Å². The number of allylic oxidation sites excluding steroid dienone is 1. The van der Waals surface area contributed by atoms with Gasteiger partial charge >= 0.3 is 5.97 Å². The Balaban J connectivity index is 1.72. The van der Waals surface area contributed by atoms with E-state index in [4.69, 9.17) is 5.11 Å². The number of nitrogens with zero attached hydrogens (tertiary/aromatic N) is 1. The summed E-state index contributed by atoms with van der Waals surface area (Å²) < 4.78 is 0. The van der Waals surface area contributed by atoms with Crippen molar-refractivity contribution in [1.82, 2.24) is 0 Å². The zero-order chi connectivity index (χ0) is 20.4. The van der Waals surface area contributed by atoms with Crippen LogP contribution in [0.5, 0.6) is 0 Å². The van der Waals surface area contributed by atoms with Crippen molar-refractivity contribution >= 4 is 34.3 Å². The molecule has 0 unspecified atom stereocenters. The molecule has 0 spiro atoms. The molecule has 0 aliphatic carbocycles. The molecule has 1 N–H and O–H groups in total. The van der Waals surface area contributed by atoms with Crippen LogP contribution in [0.1, 0.15) is 39.1 Å². The standard InChI is InChI=1S/C24H21NO3S/c1-16(23(26)17-6-8-18(9-7-17)24(27)28)20-15-19(22-5-4-14-29-22)10-11-21(20)25-12-2-3-13-25/h4-11,14-15H,1-3,12-13H2,(H,27,28). The Bertz CT molecular complexity index is 1060. The Morgan fingerprint density at radius 3 is 2.28 bits per heavy atom. The smallest absolute Gasteiger partial charge is 0.335 e. The van der Waals surface area contributed by atoms with Gasteiger partial charge in [0.15, 0.2) is 5.78 Å². The molecule has 146 valence electrons. The summed E-state index contributed by atoms with van der Waals surface area (Å²) in [6.45, 7) is 6.07. The number of thiophene rings is 1. The fourth-order valence-electron chi connectivity index (χ4n) is 3.67. The lowest BCUT2D eigenvalue weighted by molar-refractivity contribution is 0.0696. The molecule has 1 aliphatic heterocycles. The number of anilines is 1. The maximum Gasteiger partial charge on any atom is 0.335 e. The molecule has 2 aromatic carbocycles. The molecule has 1 aliphatic rings. The summed E-state index contributed by atoms with van der Waals surface area (Å²) >= 11 is 1.66. The lowest BCUT2D eigenvalue weighted by Gasteiger charge is -2.23. The average molecular weight is 404 g/mol. The largest absolute Gasteiger partial charge is 0.478 e. The number of carboxylic acid groups (broad SMARTS) is 1. The number of rotatable bonds is 6. The van der Waals surface area contributed by atoms with E-state index < -0.39 is 5.97 Å². The van der Waals surface area contributed by atoms with Crippen LogP contribution in [0.15, 0.2) is 66.6 Å². The molecule has 4 rings (SSSR count). The molecule has 1 saturated heterocycles. The van der Waals surface area contributed by atoms with E-state index in [1.807, 2.05) is 17.5 Å². The minimum atomic E-state index is -1.01. The molecule has 0 radical (unpaired) electrons. The fraction of sp³-hybridized carbons (Fsp3) is 0.167. The van der Waals surface area contributed by atoms with Gasteiger partial charge in [0, 0.05) is 40.4 Å². The zero-order valence-corrected chi connectivity index (χ0v) is 16.7. The van der Waals surface area contributed by atoms with Crippen LogP contribution in [-0.4, -0.2) is 29.9 Å². The van der Waals surface area contributed by atoms with Crippen LogP contribution in [0.3, 0.4) is 0 Å². The predicted molar refractivity (Wildman–Crippen MR) is 118 cm³/mol. The first-order valence-corrected chi connectivity index (χ1v) is 10.4. The van der Waals surface area contributed by atoms with Crippen molar-refractivity contribution < 1.29 is 14.7 Å². The van der Waals surface area contributed by atoms with Crippen LogP contribution in [-0.2, 0) is 0 Å². The molecule has 3 aromatic rings. The van der Waals surface area contributed by atoms with E-state index in [0.717, 1.165) is 47.6 Å². The molecule has 0 amide bonds. The van der Waals surface area contributed by atoms with E-state index in [1.165, 1.54) is 12.1 Å². The van der Waals surface area contributed by atoms with Crippen LogP contribution in [0.25, 0.3) is 16.0 Å². The highest BCUT2D eigenvalue weighted by molar-refractivity contribution is 7.13. The van der Waals surface area contributed by atoms with Gasteiger partial charge in [-0.3, -0.25) is 4.79 Å². The van der Waals surface area contributed by atoms with Crippen molar-refractivity contribution in [3.8, 4) is 10.4 Å². The second-order valence-electron chi connectivity index (χ2n) is 7.09. The Morgan fingerprint density at radius 2 is 1.66 bits per heavy atom. The van der Waals surface area contributed by atoms with E-state index in [-0.39, 0.29) is 11.3 Å². The molecule has 0 bridgehead atoms. The minimum absolute atomic E-state index is 0.157. The Labute approximate surface area is 173 Å². The van der Waals surface area contributed by atoms with Gasteiger partial charge in [-0.15, -0.1) is 11.3 Å². The second-order valence-corrected chi connectivity index (χ2v) is 8.04. The lowest BCUT2D eigenvalue weighted by atomic mass is 9.94. The first-order valence-electron chi connectivity index (χ1n) is 9.55. The molecule has 1 fully saturated rings. The Hall–Kier alpha value is -3.18. The van der Waals surface area contributed by atoms with Gasteiger partial charge in [-0.05, 0) is 54.1 Å². The fourth-order valence-corrected chi connectivity index (χ4v) is 4.39. The summed E-state index contributed by atoms with van der Waals surface area (Å²) in [4.78, 5) is 27.6. The summed E-state index contributed by atoms with van der Waals surface area (Å²) in [6.07, 6.45) is 2.28. The first-order chi connectivity index (χ1) is 14.0. The van der Waals surface area contributed by atoms with Crippen LogP contribution >= 0.6 is 11.3 Å². The van der Waals surface area contributed by atoms with Crippen molar-refractivity contribution in [2.24, 2.45) is 0 Å². The van der Waals surface area contributed by atoms with E-state index in [0.29, 0.717) is 11.1 Å². The Morgan fingerprint density at radius 1 is 0.966 bits per heavy atom. The van der Waals surface area contributed by atoms with Gasteiger partial charge in [-0.1, -0.05) is 30.8 Å². The molecule has 4 nitrogen and oxygen atoms in total. The molecule has 0 saturated carbocycles. The van der Waals surface area contributed by atoms with Crippen LogP contribution in [0.4, 0.5) is 5.69 Å². The predicted octanol–water partition coefficient (Wildman–Crippen LogP) is 5.61. The van der Waals surface area contributed by atoms with Gasteiger partial charge in [0.25, 0.3) is 0 Å². The molecule has 5 heteroatoms. The summed E-state index contributed by atoms with van der Waals surface area (Å²) in [5.41, 5.74) is 3.95. The number of aromatic carboxylic acids is 1. The minimum Gasteiger partial charge on any atom is -0.478 e. The summed E-state index contributed by atoms with van der Waals surface area (Å²) in [5.74, 6) is -1.20. The first kappa shape index (κ1) is 19.2. The number of hydrogen-bond acceptors (Lipinski definition) is 4. The van der Waals surface area contributed by atoms with Crippen LogP contribution in [0, 0.1) is 0 Å². The van der Waals surface area contributed by atoms with Gasteiger partial charge in [-0.25, -0.2) is 4.79 Å². The number of benzene rings is 2. The van der Waals surface area contributed by atoms with Crippen molar-refractivity contribution in [1.29, 1.82) is 0 Å². The maximum atomic E-state index is 13.1. The van der Waals surface area contributed by atoms with E-state index in [2.05, 4.69) is 29.7 Å². The number of carboxylic acids is 1. The number of carbonyl (C=O) groups excluding carboxylic acids is 1. The molecule has 2 heterocycles. The van der Waals surface area contributed by atoms with E-state index in [1.54, 1.807) is 23.5 Å². The van der Waals surface area contributed by atoms with Gasteiger partial charge in [0.1, 0.15) is 0 Å². The second kappa shape index (κ2) is 8.05. The molecular formula is C24H21NO3S. The summed E-state index contributed by atoms with van der Waals surface area (Å²) in [5, 5.41) is 11.1. The quantitative estimate of drug-likeness (QED) is 0.429. The number of Topliss-reactive ketones (excluding diaryl/α,β-unsaturated/α-hetero) is 1. The number of hydrogen-bond donors (Lipinski definition) is 1. The number of ketones is 1. The highest BCUT2D eigenvalue weighted by Gasteiger charge is 2.22.